The van der Waals surface area contributed by atoms with E-state index >= 15 is 0 Å². The molecule has 0 unspecified atom stereocenters. The monoisotopic (exact) mass is 565 g/mol. The number of rotatable bonds is 12. The number of ether oxygens (including phenoxy) is 1. The van der Waals surface area contributed by atoms with E-state index in [4.69, 9.17) is 16.3 Å². The quantitative estimate of drug-likeness (QED) is 0.327. The first kappa shape index (κ1) is 28.3. The number of anilines is 3. The van der Waals surface area contributed by atoms with Gasteiger partial charge in [-0.2, -0.15) is 0 Å². The van der Waals surface area contributed by atoms with Crippen molar-refractivity contribution in [2.24, 2.45) is 0 Å². The Hall–Kier alpha value is -3.28. The maximum atomic E-state index is 12.7. The third-order valence-electron chi connectivity index (χ3n) is 5.15. The van der Waals surface area contributed by atoms with Crippen LogP contribution in [0.25, 0.3) is 0 Å². The Morgan fingerprint density at radius 3 is 2.05 bits per heavy atom. The average molecular weight is 566 g/mol. The number of carbonyl (C=O) groups is 1. The molecule has 9 nitrogen and oxygen atoms in total. The highest BCUT2D eigenvalue weighted by atomic mass is 35.5. The van der Waals surface area contributed by atoms with Crippen molar-refractivity contribution in [3.63, 3.8) is 0 Å². The van der Waals surface area contributed by atoms with Gasteiger partial charge in [-0.15, -0.1) is 0 Å². The summed E-state index contributed by atoms with van der Waals surface area (Å²) >= 11 is 5.88. The standard InChI is InChI=1S/C25H28ClN3O6S2/c1-3-35-23-14-8-21(9-15-23)28-37(33,34)24-16-10-20(11-17-24)27-25(30)5-4-18-29(36(2,31)32)22-12-6-19(26)7-13-22/h6-17,28H,3-5,18H2,1-2H3,(H,27,30). The number of hydrogen-bond donors (Lipinski definition) is 2. The molecule has 2 N–H and O–H groups in total. The molecule has 3 rings (SSSR count). The largest absolute Gasteiger partial charge is 0.494 e. The number of halogens is 1. The van der Waals surface area contributed by atoms with Crippen LogP contribution in [0, 0.1) is 0 Å². The molecule has 0 aliphatic heterocycles. The Balaban J connectivity index is 1.55. The van der Waals surface area contributed by atoms with Gasteiger partial charge in [0.25, 0.3) is 10.0 Å². The fourth-order valence-electron chi connectivity index (χ4n) is 3.42. The molecule has 0 saturated carbocycles. The van der Waals surface area contributed by atoms with Crippen LogP contribution in [0.3, 0.4) is 0 Å². The minimum Gasteiger partial charge on any atom is -0.494 e. The van der Waals surface area contributed by atoms with E-state index in [2.05, 4.69) is 10.0 Å². The first-order valence-electron chi connectivity index (χ1n) is 11.4. The van der Waals surface area contributed by atoms with Gasteiger partial charge in [0.2, 0.25) is 15.9 Å². The number of sulfonamides is 2. The molecule has 0 bridgehead atoms. The Bertz CT molecular complexity index is 1410. The van der Waals surface area contributed by atoms with Crippen LogP contribution in [-0.4, -0.2) is 42.2 Å². The van der Waals surface area contributed by atoms with Crippen LogP contribution < -0.4 is 19.1 Å². The molecule has 0 fully saturated rings. The topological polar surface area (TPSA) is 122 Å². The van der Waals surface area contributed by atoms with E-state index in [9.17, 15) is 21.6 Å². The lowest BCUT2D eigenvalue weighted by molar-refractivity contribution is -0.116. The summed E-state index contributed by atoms with van der Waals surface area (Å²) in [4.78, 5) is 12.4. The van der Waals surface area contributed by atoms with Crippen molar-refractivity contribution in [3.8, 4) is 5.75 Å². The molecule has 37 heavy (non-hydrogen) atoms. The lowest BCUT2D eigenvalue weighted by atomic mass is 10.2. The molecule has 198 valence electrons. The molecular weight excluding hydrogens is 538 g/mol. The van der Waals surface area contributed by atoms with Gasteiger partial charge >= 0.3 is 0 Å². The van der Waals surface area contributed by atoms with Gasteiger partial charge < -0.3 is 10.1 Å². The highest BCUT2D eigenvalue weighted by molar-refractivity contribution is 7.92. The van der Waals surface area contributed by atoms with Gasteiger partial charge in [-0.3, -0.25) is 13.8 Å². The van der Waals surface area contributed by atoms with Crippen molar-refractivity contribution in [1.82, 2.24) is 0 Å². The number of amides is 1. The summed E-state index contributed by atoms with van der Waals surface area (Å²) in [5, 5.41) is 3.18. The van der Waals surface area contributed by atoms with Crippen LogP contribution in [0.2, 0.25) is 5.02 Å². The fraction of sp³-hybridized carbons (Fsp3) is 0.240. The van der Waals surface area contributed by atoms with Crippen molar-refractivity contribution < 1.29 is 26.4 Å². The molecule has 0 spiro atoms. The molecule has 3 aromatic carbocycles. The second-order valence-corrected chi connectivity index (χ2v) is 12.1. The van der Waals surface area contributed by atoms with Crippen LogP contribution in [0.4, 0.5) is 17.1 Å². The van der Waals surface area contributed by atoms with Gasteiger partial charge in [-0.25, -0.2) is 16.8 Å². The minimum absolute atomic E-state index is 0.0335. The first-order valence-corrected chi connectivity index (χ1v) is 15.1. The Kier molecular flexibility index (Phi) is 9.41. The van der Waals surface area contributed by atoms with Crippen molar-refractivity contribution >= 4 is 54.6 Å². The van der Waals surface area contributed by atoms with Crippen molar-refractivity contribution in [3.05, 3.63) is 77.8 Å². The fourth-order valence-corrected chi connectivity index (χ4v) is 5.57. The molecular formula is C25H28ClN3O6S2. The average Bonchev–Trinajstić information content (AvgIpc) is 2.83. The van der Waals surface area contributed by atoms with E-state index < -0.39 is 20.0 Å². The van der Waals surface area contributed by atoms with Crippen LogP contribution in [0.5, 0.6) is 5.75 Å². The molecule has 0 atom stereocenters. The smallest absolute Gasteiger partial charge is 0.261 e. The van der Waals surface area contributed by atoms with E-state index in [0.717, 1.165) is 6.26 Å². The van der Waals surface area contributed by atoms with E-state index in [1.54, 1.807) is 48.5 Å². The second kappa shape index (κ2) is 12.3. The van der Waals surface area contributed by atoms with E-state index in [-0.39, 0.29) is 30.2 Å². The summed E-state index contributed by atoms with van der Waals surface area (Å²) < 4.78 is 58.8. The molecule has 0 radical (unpaired) electrons. The normalized spacial score (nSPS) is 11.5. The Labute approximate surface area is 222 Å². The van der Waals surface area contributed by atoms with Gasteiger partial charge in [0.1, 0.15) is 5.75 Å². The van der Waals surface area contributed by atoms with Gasteiger partial charge in [0.05, 0.1) is 23.4 Å². The molecule has 0 saturated heterocycles. The van der Waals surface area contributed by atoms with Gasteiger partial charge in [0, 0.05) is 29.4 Å². The molecule has 0 aromatic heterocycles. The number of nitrogens with one attached hydrogen (secondary N) is 2. The van der Waals surface area contributed by atoms with Gasteiger partial charge in [0.15, 0.2) is 0 Å². The van der Waals surface area contributed by atoms with Crippen molar-refractivity contribution in [2.45, 2.75) is 24.7 Å². The highest BCUT2D eigenvalue weighted by Gasteiger charge is 2.18. The zero-order chi connectivity index (χ0) is 27.1. The Morgan fingerprint density at radius 2 is 1.49 bits per heavy atom. The maximum absolute atomic E-state index is 12.7. The molecule has 0 aliphatic carbocycles. The molecule has 12 heteroatoms. The van der Waals surface area contributed by atoms with Crippen LogP contribution in [0.15, 0.2) is 77.7 Å². The predicted octanol–water partition coefficient (Wildman–Crippen LogP) is 4.72. The molecule has 3 aromatic rings. The van der Waals surface area contributed by atoms with Crippen molar-refractivity contribution in [2.75, 3.05) is 33.8 Å². The predicted molar refractivity (Wildman–Crippen MR) is 146 cm³/mol. The summed E-state index contributed by atoms with van der Waals surface area (Å²) in [6.45, 7) is 2.48. The number of nitrogens with zero attached hydrogens (tertiary/aromatic N) is 1. The highest BCUT2D eigenvalue weighted by Crippen LogP contribution is 2.22. The summed E-state index contributed by atoms with van der Waals surface area (Å²) in [7, 11) is -7.37. The summed E-state index contributed by atoms with van der Waals surface area (Å²) in [6, 6.07) is 18.7. The maximum Gasteiger partial charge on any atom is 0.261 e. The van der Waals surface area contributed by atoms with E-state index in [0.29, 0.717) is 34.4 Å². The zero-order valence-corrected chi connectivity index (χ0v) is 22.7. The second-order valence-electron chi connectivity index (χ2n) is 8.05. The minimum atomic E-state index is -3.82. The third-order valence-corrected chi connectivity index (χ3v) is 7.99. The summed E-state index contributed by atoms with van der Waals surface area (Å²) in [6.07, 6.45) is 1.45. The number of hydrogen-bond acceptors (Lipinski definition) is 6. The zero-order valence-electron chi connectivity index (χ0n) is 20.3. The number of benzene rings is 3. The van der Waals surface area contributed by atoms with Gasteiger partial charge in [-0.05, 0) is 86.1 Å². The molecule has 0 heterocycles. The first-order chi connectivity index (χ1) is 17.5. The summed E-state index contributed by atoms with van der Waals surface area (Å²) in [5.41, 5.74) is 1.27. The SMILES string of the molecule is CCOc1ccc(NS(=O)(=O)c2ccc(NC(=O)CCCN(c3ccc(Cl)cc3)S(C)(=O)=O)cc2)cc1. The Morgan fingerprint density at radius 1 is 0.892 bits per heavy atom. The van der Waals surface area contributed by atoms with E-state index in [1.807, 2.05) is 6.92 Å². The van der Waals surface area contributed by atoms with Gasteiger partial charge in [-0.1, -0.05) is 11.6 Å². The van der Waals surface area contributed by atoms with E-state index in [1.165, 1.54) is 28.6 Å². The van der Waals surface area contributed by atoms with Crippen LogP contribution >= 0.6 is 11.6 Å². The molecule has 0 aliphatic rings. The lowest BCUT2D eigenvalue weighted by Gasteiger charge is -2.22. The number of carbonyl (C=O) groups excluding carboxylic acids is 1. The lowest BCUT2D eigenvalue weighted by Crippen LogP contribution is -2.31. The molecule has 1 amide bonds. The van der Waals surface area contributed by atoms with Crippen LogP contribution in [-0.2, 0) is 24.8 Å². The summed E-state index contributed by atoms with van der Waals surface area (Å²) in [5.74, 6) is 0.312. The van der Waals surface area contributed by atoms with Crippen molar-refractivity contribution in [1.29, 1.82) is 0 Å². The van der Waals surface area contributed by atoms with Crippen LogP contribution in [0.1, 0.15) is 19.8 Å². The third kappa shape index (κ3) is 8.38.